The lowest BCUT2D eigenvalue weighted by molar-refractivity contribution is 0.0682. The molecule has 0 spiro atoms. The van der Waals surface area contributed by atoms with Crippen molar-refractivity contribution in [2.24, 2.45) is 5.92 Å². The van der Waals surface area contributed by atoms with Crippen molar-refractivity contribution >= 4 is 5.91 Å². The molecule has 0 aromatic heterocycles. The minimum atomic E-state index is -0.475. The number of carbonyl (C=O) groups is 1. The largest absolute Gasteiger partial charge is 0.490 e. The lowest BCUT2D eigenvalue weighted by atomic mass is 9.93. The number of carbonyl (C=O) groups excluding carboxylic acids is 1. The Balaban J connectivity index is 2.02. The molecule has 0 unspecified atom stereocenters. The quantitative estimate of drug-likeness (QED) is 0.878. The minimum absolute atomic E-state index is 0.0762. The van der Waals surface area contributed by atoms with Crippen LogP contribution < -0.4 is 10.1 Å². The standard InChI is InChI=1S/C17H25FN2O2/c1-3-22-16-14(5-4-6-15(16)18)17(21)20-11-8-13(9-12-20)7-10-19-2/h4-6,13,19H,3,7-12H2,1-2H3. The van der Waals surface area contributed by atoms with Crippen molar-refractivity contribution in [3.8, 4) is 5.75 Å². The molecule has 0 atom stereocenters. The van der Waals surface area contributed by atoms with Crippen LogP contribution in [-0.2, 0) is 0 Å². The van der Waals surface area contributed by atoms with E-state index in [9.17, 15) is 9.18 Å². The van der Waals surface area contributed by atoms with Gasteiger partial charge in [0.25, 0.3) is 5.91 Å². The second-order valence-corrected chi connectivity index (χ2v) is 5.68. The third-order valence-electron chi connectivity index (χ3n) is 4.19. The van der Waals surface area contributed by atoms with Gasteiger partial charge in [-0.25, -0.2) is 4.39 Å². The average molecular weight is 308 g/mol. The van der Waals surface area contributed by atoms with Crippen LogP contribution in [-0.4, -0.2) is 44.1 Å². The van der Waals surface area contributed by atoms with E-state index in [0.29, 0.717) is 18.1 Å². The Labute approximate surface area is 131 Å². The number of nitrogens with zero attached hydrogens (tertiary/aromatic N) is 1. The van der Waals surface area contributed by atoms with Gasteiger partial charge in [-0.15, -0.1) is 0 Å². The average Bonchev–Trinajstić information content (AvgIpc) is 2.55. The molecule has 1 aromatic carbocycles. The fourth-order valence-corrected chi connectivity index (χ4v) is 2.91. The molecule has 22 heavy (non-hydrogen) atoms. The number of rotatable bonds is 6. The van der Waals surface area contributed by atoms with E-state index in [-0.39, 0.29) is 11.7 Å². The number of likely N-dealkylation sites (tertiary alicyclic amines) is 1. The summed E-state index contributed by atoms with van der Waals surface area (Å²) in [4.78, 5) is 14.4. The van der Waals surface area contributed by atoms with Crippen LogP contribution in [0.3, 0.4) is 0 Å². The molecule has 4 nitrogen and oxygen atoms in total. The van der Waals surface area contributed by atoms with Crippen LogP contribution in [0.2, 0.25) is 0 Å². The number of amides is 1. The van der Waals surface area contributed by atoms with Gasteiger partial charge in [0.1, 0.15) is 0 Å². The molecule has 1 amide bonds. The first-order valence-electron chi connectivity index (χ1n) is 8.02. The number of halogens is 1. The Kier molecular flexibility index (Phi) is 6.19. The number of ether oxygens (including phenoxy) is 1. The van der Waals surface area contributed by atoms with Gasteiger partial charge in [-0.05, 0) is 57.8 Å². The lowest BCUT2D eigenvalue weighted by Gasteiger charge is -2.32. The van der Waals surface area contributed by atoms with Crippen LogP contribution in [0.25, 0.3) is 0 Å². The summed E-state index contributed by atoms with van der Waals surface area (Å²) in [5.74, 6) is 0.134. The van der Waals surface area contributed by atoms with E-state index in [2.05, 4.69) is 5.32 Å². The number of benzene rings is 1. The zero-order valence-electron chi connectivity index (χ0n) is 13.4. The molecular formula is C17H25FN2O2. The van der Waals surface area contributed by atoms with E-state index in [1.807, 2.05) is 11.9 Å². The first-order valence-corrected chi connectivity index (χ1v) is 8.02. The van der Waals surface area contributed by atoms with Crippen molar-refractivity contribution in [3.63, 3.8) is 0 Å². The summed E-state index contributed by atoms with van der Waals surface area (Å²) in [6.07, 6.45) is 3.15. The monoisotopic (exact) mass is 308 g/mol. The molecule has 122 valence electrons. The molecule has 5 heteroatoms. The summed E-state index contributed by atoms with van der Waals surface area (Å²) in [5, 5.41) is 3.16. The Morgan fingerprint density at radius 2 is 2.14 bits per heavy atom. The molecule has 0 saturated carbocycles. The van der Waals surface area contributed by atoms with Crippen LogP contribution in [0.1, 0.15) is 36.5 Å². The van der Waals surface area contributed by atoms with E-state index in [1.165, 1.54) is 6.07 Å². The first kappa shape index (κ1) is 16.7. The second-order valence-electron chi connectivity index (χ2n) is 5.68. The molecule has 1 aromatic rings. The summed E-state index contributed by atoms with van der Waals surface area (Å²) >= 11 is 0. The number of nitrogens with one attached hydrogen (secondary N) is 1. The Bertz CT molecular complexity index is 499. The predicted octanol–water partition coefficient (Wildman–Crippen LogP) is 2.69. The molecule has 0 radical (unpaired) electrons. The molecule has 0 bridgehead atoms. The van der Waals surface area contributed by atoms with Crippen molar-refractivity contribution in [2.75, 3.05) is 33.3 Å². The Hall–Kier alpha value is -1.62. The highest BCUT2D eigenvalue weighted by molar-refractivity contribution is 5.97. The van der Waals surface area contributed by atoms with E-state index in [4.69, 9.17) is 4.74 Å². The van der Waals surface area contributed by atoms with Crippen molar-refractivity contribution in [1.29, 1.82) is 0 Å². The summed E-state index contributed by atoms with van der Waals surface area (Å²) in [7, 11) is 1.96. The van der Waals surface area contributed by atoms with E-state index < -0.39 is 5.82 Å². The molecule has 1 aliphatic heterocycles. The van der Waals surface area contributed by atoms with Gasteiger partial charge in [0.2, 0.25) is 0 Å². The maximum atomic E-state index is 13.9. The predicted molar refractivity (Wildman–Crippen MR) is 84.7 cm³/mol. The van der Waals surface area contributed by atoms with Crippen molar-refractivity contribution < 1.29 is 13.9 Å². The van der Waals surface area contributed by atoms with E-state index >= 15 is 0 Å². The van der Waals surface area contributed by atoms with E-state index in [1.54, 1.807) is 19.1 Å². The molecule has 1 aliphatic rings. The smallest absolute Gasteiger partial charge is 0.257 e. The summed E-state index contributed by atoms with van der Waals surface area (Å²) in [6, 6.07) is 4.53. The van der Waals surface area contributed by atoms with Gasteiger partial charge in [0, 0.05) is 13.1 Å². The maximum absolute atomic E-state index is 13.9. The highest BCUT2D eigenvalue weighted by Gasteiger charge is 2.26. The molecule has 2 rings (SSSR count). The number of hydrogen-bond acceptors (Lipinski definition) is 3. The minimum Gasteiger partial charge on any atom is -0.490 e. The fraction of sp³-hybridized carbons (Fsp3) is 0.588. The summed E-state index contributed by atoms with van der Waals surface area (Å²) in [5.41, 5.74) is 0.329. The number of para-hydroxylation sites is 1. The SMILES string of the molecule is CCOc1c(F)cccc1C(=O)N1CCC(CCNC)CC1. The third-order valence-corrected chi connectivity index (χ3v) is 4.19. The normalized spacial score (nSPS) is 15.9. The number of piperidine rings is 1. The zero-order valence-corrected chi connectivity index (χ0v) is 13.4. The first-order chi connectivity index (χ1) is 10.7. The van der Waals surface area contributed by atoms with Crippen molar-refractivity contribution in [1.82, 2.24) is 10.2 Å². The van der Waals surface area contributed by atoms with Gasteiger partial charge in [0.15, 0.2) is 11.6 Å². The zero-order chi connectivity index (χ0) is 15.9. The van der Waals surface area contributed by atoms with Crippen LogP contribution >= 0.6 is 0 Å². The Morgan fingerprint density at radius 3 is 2.77 bits per heavy atom. The second kappa shape index (κ2) is 8.13. The molecule has 1 fully saturated rings. The third kappa shape index (κ3) is 3.97. The van der Waals surface area contributed by atoms with Crippen molar-refractivity contribution in [2.45, 2.75) is 26.2 Å². The van der Waals surface area contributed by atoms with Crippen LogP contribution in [0.4, 0.5) is 4.39 Å². The molecule has 1 heterocycles. The van der Waals surface area contributed by atoms with Gasteiger partial charge in [-0.3, -0.25) is 4.79 Å². The van der Waals surface area contributed by atoms with Crippen molar-refractivity contribution in [3.05, 3.63) is 29.6 Å². The molecule has 1 N–H and O–H groups in total. The fourth-order valence-electron chi connectivity index (χ4n) is 2.91. The number of hydrogen-bond donors (Lipinski definition) is 1. The topological polar surface area (TPSA) is 41.6 Å². The summed E-state index contributed by atoms with van der Waals surface area (Å²) < 4.78 is 19.2. The highest BCUT2D eigenvalue weighted by atomic mass is 19.1. The molecule has 0 aliphatic carbocycles. The Morgan fingerprint density at radius 1 is 1.41 bits per heavy atom. The lowest BCUT2D eigenvalue weighted by Crippen LogP contribution is -2.39. The van der Waals surface area contributed by atoms with Gasteiger partial charge < -0.3 is 15.0 Å². The van der Waals surface area contributed by atoms with Gasteiger partial charge >= 0.3 is 0 Å². The highest BCUT2D eigenvalue weighted by Crippen LogP contribution is 2.27. The van der Waals surface area contributed by atoms with E-state index in [0.717, 1.165) is 38.9 Å². The van der Waals surface area contributed by atoms with Gasteiger partial charge in [-0.1, -0.05) is 6.07 Å². The molecular weight excluding hydrogens is 283 g/mol. The van der Waals surface area contributed by atoms with Crippen LogP contribution in [0, 0.1) is 11.7 Å². The van der Waals surface area contributed by atoms with Gasteiger partial charge in [0.05, 0.1) is 12.2 Å². The van der Waals surface area contributed by atoms with Crippen LogP contribution in [0.5, 0.6) is 5.75 Å². The van der Waals surface area contributed by atoms with Crippen LogP contribution in [0.15, 0.2) is 18.2 Å². The van der Waals surface area contributed by atoms with Gasteiger partial charge in [-0.2, -0.15) is 0 Å². The maximum Gasteiger partial charge on any atom is 0.257 e. The summed E-state index contributed by atoms with van der Waals surface area (Å²) in [6.45, 7) is 4.60. The molecule has 1 saturated heterocycles.